The fourth-order valence-corrected chi connectivity index (χ4v) is 3.15. The van der Waals surface area contributed by atoms with Crippen LogP contribution >= 0.6 is 0 Å². The lowest BCUT2D eigenvalue weighted by molar-refractivity contribution is 0.152. The molecule has 0 spiro atoms. The first kappa shape index (κ1) is 15.9. The number of aliphatic hydroxyl groups is 1. The highest BCUT2D eigenvalue weighted by Gasteiger charge is 2.31. The summed E-state index contributed by atoms with van der Waals surface area (Å²) in [6.07, 6.45) is 3.04. The average Bonchev–Trinajstić information content (AvgIpc) is 2.95. The lowest BCUT2D eigenvalue weighted by Crippen LogP contribution is -2.31. The summed E-state index contributed by atoms with van der Waals surface area (Å²) in [7, 11) is 1.64. The Morgan fingerprint density at radius 3 is 2.74 bits per heavy atom. The number of benzene rings is 1. The molecule has 0 amide bonds. The summed E-state index contributed by atoms with van der Waals surface area (Å²) in [4.78, 5) is 6.02. The molecule has 0 aliphatic carbocycles. The largest absolute Gasteiger partial charge is 0.496 e. The van der Waals surface area contributed by atoms with E-state index in [1.165, 1.54) is 0 Å². The zero-order valence-corrected chi connectivity index (χ0v) is 13.2. The standard InChI is InChI=1S/C18H21FN2O2/c1-23-18-3-2-14(13-4-6-20-7-5-13)8-15(18)10-21-11-16(19)9-17(21)12-22/h2-8,16-17,22H,9-12H2,1H3/t16-,17-/m0/s1. The van der Waals surface area contributed by atoms with E-state index in [0.29, 0.717) is 19.5 Å². The number of hydrogen-bond donors (Lipinski definition) is 1. The molecule has 3 rings (SSSR count). The van der Waals surface area contributed by atoms with E-state index in [2.05, 4.69) is 11.1 Å². The molecule has 4 nitrogen and oxygen atoms in total. The number of nitrogens with zero attached hydrogens (tertiary/aromatic N) is 2. The van der Waals surface area contributed by atoms with E-state index >= 15 is 0 Å². The maximum atomic E-state index is 13.6. The van der Waals surface area contributed by atoms with E-state index in [0.717, 1.165) is 22.4 Å². The second-order valence-corrected chi connectivity index (χ2v) is 5.86. The Labute approximate surface area is 135 Å². The summed E-state index contributed by atoms with van der Waals surface area (Å²) in [6, 6.07) is 9.78. The van der Waals surface area contributed by atoms with Crippen LogP contribution in [-0.4, -0.2) is 47.5 Å². The highest BCUT2D eigenvalue weighted by molar-refractivity contribution is 5.65. The Morgan fingerprint density at radius 2 is 2.04 bits per heavy atom. The highest BCUT2D eigenvalue weighted by Crippen LogP contribution is 2.30. The molecule has 0 radical (unpaired) electrons. The molecule has 1 N–H and O–H groups in total. The van der Waals surface area contributed by atoms with Crippen molar-refractivity contribution in [3.8, 4) is 16.9 Å². The van der Waals surface area contributed by atoms with E-state index in [-0.39, 0.29) is 12.6 Å². The van der Waals surface area contributed by atoms with Crippen molar-refractivity contribution in [1.29, 1.82) is 0 Å². The maximum Gasteiger partial charge on any atom is 0.123 e. The molecule has 0 saturated carbocycles. The van der Waals surface area contributed by atoms with Gasteiger partial charge in [0.15, 0.2) is 0 Å². The van der Waals surface area contributed by atoms with Gasteiger partial charge < -0.3 is 9.84 Å². The van der Waals surface area contributed by atoms with Crippen LogP contribution < -0.4 is 4.74 Å². The van der Waals surface area contributed by atoms with Crippen LogP contribution in [0.1, 0.15) is 12.0 Å². The molecule has 2 atom stereocenters. The van der Waals surface area contributed by atoms with Crippen molar-refractivity contribution in [2.75, 3.05) is 20.3 Å². The third kappa shape index (κ3) is 3.51. The number of halogens is 1. The van der Waals surface area contributed by atoms with Crippen LogP contribution in [0.5, 0.6) is 5.75 Å². The quantitative estimate of drug-likeness (QED) is 0.921. The van der Waals surface area contributed by atoms with Gasteiger partial charge in [0.2, 0.25) is 0 Å². The lowest BCUT2D eigenvalue weighted by atomic mass is 10.0. The Bertz CT molecular complexity index is 651. The molecule has 1 aromatic carbocycles. The molecule has 2 heterocycles. The van der Waals surface area contributed by atoms with Gasteiger partial charge in [-0.05, 0) is 41.8 Å². The van der Waals surface area contributed by atoms with Gasteiger partial charge in [-0.1, -0.05) is 6.07 Å². The summed E-state index contributed by atoms with van der Waals surface area (Å²) in [5.74, 6) is 0.779. The molecular weight excluding hydrogens is 295 g/mol. The third-order valence-electron chi connectivity index (χ3n) is 4.36. The number of hydrogen-bond acceptors (Lipinski definition) is 4. The molecule has 2 aromatic rings. The first-order valence-electron chi connectivity index (χ1n) is 7.77. The van der Waals surface area contributed by atoms with E-state index in [1.807, 2.05) is 29.2 Å². The van der Waals surface area contributed by atoms with E-state index in [9.17, 15) is 9.50 Å². The molecule has 1 fully saturated rings. The van der Waals surface area contributed by atoms with E-state index in [4.69, 9.17) is 4.74 Å². The van der Waals surface area contributed by atoms with Crippen LogP contribution in [-0.2, 0) is 6.54 Å². The van der Waals surface area contributed by atoms with Gasteiger partial charge in [0.25, 0.3) is 0 Å². The average molecular weight is 316 g/mol. The molecule has 0 unspecified atom stereocenters. The summed E-state index contributed by atoms with van der Waals surface area (Å²) < 4.78 is 19.1. The number of ether oxygens (including phenoxy) is 1. The first-order valence-corrected chi connectivity index (χ1v) is 7.77. The van der Waals surface area contributed by atoms with Crippen LogP contribution in [0, 0.1) is 0 Å². The highest BCUT2D eigenvalue weighted by atomic mass is 19.1. The number of methoxy groups -OCH3 is 1. The van der Waals surface area contributed by atoms with Gasteiger partial charge in [0.1, 0.15) is 11.9 Å². The normalized spacial score (nSPS) is 21.5. The van der Waals surface area contributed by atoms with E-state index in [1.54, 1.807) is 19.5 Å². The molecule has 1 aromatic heterocycles. The fraction of sp³-hybridized carbons (Fsp3) is 0.389. The zero-order valence-electron chi connectivity index (χ0n) is 13.2. The van der Waals surface area contributed by atoms with Crippen molar-refractivity contribution >= 4 is 0 Å². The minimum atomic E-state index is -0.874. The van der Waals surface area contributed by atoms with Crippen molar-refractivity contribution in [3.05, 3.63) is 48.3 Å². The fourth-order valence-electron chi connectivity index (χ4n) is 3.15. The molecular formula is C18H21FN2O2. The van der Waals surface area contributed by atoms with Gasteiger partial charge >= 0.3 is 0 Å². The second-order valence-electron chi connectivity index (χ2n) is 5.86. The molecule has 122 valence electrons. The van der Waals surface area contributed by atoms with Crippen molar-refractivity contribution in [1.82, 2.24) is 9.88 Å². The Morgan fingerprint density at radius 1 is 1.26 bits per heavy atom. The van der Waals surface area contributed by atoms with Crippen LogP contribution in [0.4, 0.5) is 4.39 Å². The van der Waals surface area contributed by atoms with Gasteiger partial charge in [-0.2, -0.15) is 0 Å². The number of aromatic nitrogens is 1. The molecule has 23 heavy (non-hydrogen) atoms. The lowest BCUT2D eigenvalue weighted by Gasteiger charge is -2.23. The summed E-state index contributed by atoms with van der Waals surface area (Å²) in [5.41, 5.74) is 3.14. The van der Waals surface area contributed by atoms with Crippen molar-refractivity contribution in [2.45, 2.75) is 25.2 Å². The topological polar surface area (TPSA) is 45.6 Å². The predicted octanol–water partition coefficient (Wildman–Crippen LogP) is 2.66. The predicted molar refractivity (Wildman–Crippen MR) is 87.0 cm³/mol. The summed E-state index contributed by atoms with van der Waals surface area (Å²) in [5, 5.41) is 9.44. The van der Waals surface area contributed by atoms with Crippen LogP contribution in [0.25, 0.3) is 11.1 Å². The number of alkyl halides is 1. The number of likely N-dealkylation sites (tertiary alicyclic amines) is 1. The molecule has 1 saturated heterocycles. The smallest absolute Gasteiger partial charge is 0.123 e. The minimum absolute atomic E-state index is 0.0211. The van der Waals surface area contributed by atoms with Gasteiger partial charge in [0, 0.05) is 37.1 Å². The van der Waals surface area contributed by atoms with Gasteiger partial charge in [-0.3, -0.25) is 9.88 Å². The SMILES string of the molecule is COc1ccc(-c2ccncc2)cc1CN1C[C@@H](F)C[C@H]1CO. The Balaban J connectivity index is 1.88. The van der Waals surface area contributed by atoms with Gasteiger partial charge in [0.05, 0.1) is 13.7 Å². The monoisotopic (exact) mass is 316 g/mol. The zero-order chi connectivity index (χ0) is 16.2. The first-order chi connectivity index (χ1) is 11.2. The Hall–Kier alpha value is -1.98. The van der Waals surface area contributed by atoms with Crippen LogP contribution in [0.3, 0.4) is 0 Å². The molecule has 1 aliphatic heterocycles. The van der Waals surface area contributed by atoms with Crippen LogP contribution in [0.15, 0.2) is 42.7 Å². The van der Waals surface area contributed by atoms with Crippen LogP contribution in [0.2, 0.25) is 0 Å². The van der Waals surface area contributed by atoms with E-state index < -0.39 is 6.17 Å². The summed E-state index contributed by atoms with van der Waals surface area (Å²) in [6.45, 7) is 0.897. The second kappa shape index (κ2) is 7.06. The Kier molecular flexibility index (Phi) is 4.88. The number of rotatable bonds is 5. The molecule has 1 aliphatic rings. The van der Waals surface area contributed by atoms with Crippen molar-refractivity contribution in [2.24, 2.45) is 0 Å². The minimum Gasteiger partial charge on any atom is -0.496 e. The number of pyridine rings is 1. The van der Waals surface area contributed by atoms with Crippen molar-refractivity contribution < 1.29 is 14.2 Å². The number of aliphatic hydroxyl groups excluding tert-OH is 1. The van der Waals surface area contributed by atoms with Gasteiger partial charge in [-0.25, -0.2) is 4.39 Å². The third-order valence-corrected chi connectivity index (χ3v) is 4.36. The summed E-state index contributed by atoms with van der Waals surface area (Å²) >= 11 is 0. The molecule has 5 heteroatoms. The molecule has 0 bridgehead atoms. The van der Waals surface area contributed by atoms with Crippen molar-refractivity contribution in [3.63, 3.8) is 0 Å². The maximum absolute atomic E-state index is 13.6. The van der Waals surface area contributed by atoms with Gasteiger partial charge in [-0.15, -0.1) is 0 Å².